The molecule has 3 heteroatoms. The molecular formula is C29H39N3. The number of likely N-dealkylation sites (tertiary alicyclic amines) is 2. The lowest BCUT2D eigenvalue weighted by Gasteiger charge is -2.36. The van der Waals surface area contributed by atoms with Crippen LogP contribution in [0, 0.1) is 11.3 Å². The van der Waals surface area contributed by atoms with Gasteiger partial charge in [-0.15, -0.1) is 0 Å². The van der Waals surface area contributed by atoms with Crippen molar-refractivity contribution in [3.05, 3.63) is 91.0 Å². The molecule has 1 aromatic carbocycles. The summed E-state index contributed by atoms with van der Waals surface area (Å²) in [6.07, 6.45) is 13.8. The first-order valence-electron chi connectivity index (χ1n) is 12.3. The van der Waals surface area contributed by atoms with Crippen LogP contribution in [-0.2, 0) is 0 Å². The lowest BCUT2D eigenvalue weighted by atomic mass is 9.89. The van der Waals surface area contributed by atoms with Gasteiger partial charge in [-0.05, 0) is 62.5 Å². The van der Waals surface area contributed by atoms with Gasteiger partial charge in [0, 0.05) is 43.5 Å². The van der Waals surface area contributed by atoms with E-state index in [-0.39, 0.29) is 0 Å². The summed E-state index contributed by atoms with van der Waals surface area (Å²) in [4.78, 5) is 4.89. The molecule has 0 bridgehead atoms. The highest BCUT2D eigenvalue weighted by molar-refractivity contribution is 5.61. The van der Waals surface area contributed by atoms with Crippen molar-refractivity contribution in [2.45, 2.75) is 45.4 Å². The van der Waals surface area contributed by atoms with Crippen LogP contribution in [0.1, 0.15) is 51.0 Å². The van der Waals surface area contributed by atoms with Crippen LogP contribution in [0.15, 0.2) is 85.4 Å². The van der Waals surface area contributed by atoms with E-state index in [0.717, 1.165) is 49.0 Å². The number of hydrogen-bond acceptors (Lipinski definition) is 3. The zero-order valence-corrected chi connectivity index (χ0v) is 19.8. The Morgan fingerprint density at radius 1 is 0.969 bits per heavy atom. The Kier molecular flexibility index (Phi) is 6.93. The van der Waals surface area contributed by atoms with Crippen LogP contribution in [0.5, 0.6) is 0 Å². The fraction of sp³-hybridized carbons (Fsp3) is 0.448. The van der Waals surface area contributed by atoms with Crippen LogP contribution < -0.4 is 5.32 Å². The van der Waals surface area contributed by atoms with Crippen LogP contribution in [-0.4, -0.2) is 36.0 Å². The molecule has 2 saturated heterocycles. The summed E-state index contributed by atoms with van der Waals surface area (Å²) in [5, 5.41) is 3.69. The number of rotatable bonds is 8. The Balaban J connectivity index is 1.34. The highest BCUT2D eigenvalue weighted by Crippen LogP contribution is 2.62. The predicted octanol–water partition coefficient (Wildman–Crippen LogP) is 6.32. The highest BCUT2D eigenvalue weighted by Gasteiger charge is 2.56. The molecule has 3 aliphatic rings. The normalized spacial score (nSPS) is 22.8. The summed E-state index contributed by atoms with van der Waals surface area (Å²) in [6, 6.07) is 10.6. The fourth-order valence-corrected chi connectivity index (χ4v) is 5.42. The molecule has 2 aliphatic heterocycles. The lowest BCUT2D eigenvalue weighted by Crippen LogP contribution is -2.35. The molecule has 3 nitrogen and oxygen atoms in total. The molecule has 4 rings (SSSR count). The van der Waals surface area contributed by atoms with Gasteiger partial charge in [0.1, 0.15) is 0 Å². The van der Waals surface area contributed by atoms with Gasteiger partial charge in [0.25, 0.3) is 0 Å². The molecule has 1 spiro atoms. The SMILES string of the molecule is C=C(N/C(=C/C=C\C)C(=C)N1CCCCC1)C1CC12CCN(C(=C)c1ccccc1)CC2. The van der Waals surface area contributed by atoms with Crippen molar-refractivity contribution in [2.24, 2.45) is 11.3 Å². The third kappa shape index (κ3) is 4.87. The summed E-state index contributed by atoms with van der Waals surface area (Å²) in [7, 11) is 0. The summed E-state index contributed by atoms with van der Waals surface area (Å²) in [5.74, 6) is 0.554. The second-order valence-corrected chi connectivity index (χ2v) is 9.67. The van der Waals surface area contributed by atoms with Crippen molar-refractivity contribution in [1.29, 1.82) is 0 Å². The number of benzene rings is 1. The standard InChI is InChI=1S/C29H39N3/c1-5-6-15-28(25(4)31-18-11-8-12-19-31)30-23(2)27-22-29(27)16-20-32(21-17-29)24(3)26-13-9-7-10-14-26/h5-7,9-10,13-15,27,30H,2-4,8,11-12,16-22H2,1H3/b6-5-,28-15+. The van der Waals surface area contributed by atoms with Crippen molar-refractivity contribution in [2.75, 3.05) is 26.2 Å². The molecule has 0 radical (unpaired) electrons. The van der Waals surface area contributed by atoms with Gasteiger partial charge in [-0.1, -0.05) is 62.2 Å². The Hall–Kier alpha value is -2.68. The van der Waals surface area contributed by atoms with Gasteiger partial charge in [0.05, 0.1) is 11.4 Å². The third-order valence-electron chi connectivity index (χ3n) is 7.66. The van der Waals surface area contributed by atoms with Crippen LogP contribution in [0.2, 0.25) is 0 Å². The predicted molar refractivity (Wildman–Crippen MR) is 137 cm³/mol. The van der Waals surface area contributed by atoms with Crippen molar-refractivity contribution >= 4 is 5.70 Å². The first-order valence-corrected chi connectivity index (χ1v) is 12.3. The molecule has 1 aromatic rings. The van der Waals surface area contributed by atoms with Crippen LogP contribution in [0.3, 0.4) is 0 Å². The van der Waals surface area contributed by atoms with Crippen LogP contribution in [0.4, 0.5) is 0 Å². The monoisotopic (exact) mass is 429 g/mol. The molecule has 2 heterocycles. The minimum atomic E-state index is 0.412. The minimum Gasteiger partial charge on any atom is -0.371 e. The van der Waals surface area contributed by atoms with Crippen LogP contribution in [0.25, 0.3) is 5.70 Å². The van der Waals surface area contributed by atoms with E-state index >= 15 is 0 Å². The molecule has 3 fully saturated rings. The summed E-state index contributed by atoms with van der Waals surface area (Å²) in [6.45, 7) is 19.7. The maximum absolute atomic E-state index is 4.48. The van der Waals surface area contributed by atoms with Crippen LogP contribution >= 0.6 is 0 Å². The number of hydrogen-bond donors (Lipinski definition) is 1. The molecule has 1 aliphatic carbocycles. The minimum absolute atomic E-state index is 0.412. The topological polar surface area (TPSA) is 18.5 Å². The Morgan fingerprint density at radius 3 is 2.31 bits per heavy atom. The molecule has 32 heavy (non-hydrogen) atoms. The third-order valence-corrected chi connectivity index (χ3v) is 7.66. The van der Waals surface area contributed by atoms with Gasteiger partial charge in [0.15, 0.2) is 0 Å². The second kappa shape index (κ2) is 9.85. The molecule has 1 N–H and O–H groups in total. The van der Waals surface area contributed by atoms with E-state index in [2.05, 4.69) is 90.3 Å². The second-order valence-electron chi connectivity index (χ2n) is 9.67. The van der Waals surface area contributed by atoms with Gasteiger partial charge in [-0.25, -0.2) is 0 Å². The van der Waals surface area contributed by atoms with E-state index < -0.39 is 0 Å². The van der Waals surface area contributed by atoms with Gasteiger partial charge in [-0.3, -0.25) is 0 Å². The number of nitrogens with one attached hydrogen (secondary N) is 1. The molecule has 0 amide bonds. The molecule has 1 atom stereocenters. The molecule has 1 saturated carbocycles. The zero-order chi connectivity index (χ0) is 22.6. The molecule has 0 aromatic heterocycles. The summed E-state index contributed by atoms with van der Waals surface area (Å²) in [5.41, 5.74) is 6.17. The largest absolute Gasteiger partial charge is 0.371 e. The summed E-state index contributed by atoms with van der Waals surface area (Å²) >= 11 is 0. The van der Waals surface area contributed by atoms with E-state index in [1.165, 1.54) is 44.1 Å². The molecule has 170 valence electrons. The lowest BCUT2D eigenvalue weighted by molar-refractivity contribution is 0.228. The van der Waals surface area contributed by atoms with E-state index in [9.17, 15) is 0 Å². The van der Waals surface area contributed by atoms with Gasteiger partial charge < -0.3 is 15.1 Å². The number of piperidine rings is 2. The average molecular weight is 430 g/mol. The van der Waals surface area contributed by atoms with Crippen molar-refractivity contribution < 1.29 is 0 Å². The smallest absolute Gasteiger partial charge is 0.0613 e. The quantitative estimate of drug-likeness (QED) is 0.488. The van der Waals surface area contributed by atoms with Crippen molar-refractivity contribution in [3.63, 3.8) is 0 Å². The number of allylic oxidation sites excluding steroid dienone is 4. The van der Waals surface area contributed by atoms with Gasteiger partial charge in [-0.2, -0.15) is 0 Å². The van der Waals surface area contributed by atoms with E-state index in [4.69, 9.17) is 0 Å². The zero-order valence-electron chi connectivity index (χ0n) is 19.8. The molecule has 1 unspecified atom stereocenters. The van der Waals surface area contributed by atoms with E-state index in [1.807, 2.05) is 0 Å². The number of nitrogens with zero attached hydrogens (tertiary/aromatic N) is 2. The maximum atomic E-state index is 4.48. The van der Waals surface area contributed by atoms with E-state index in [0.29, 0.717) is 11.3 Å². The molecular weight excluding hydrogens is 390 g/mol. The van der Waals surface area contributed by atoms with Gasteiger partial charge >= 0.3 is 0 Å². The van der Waals surface area contributed by atoms with Crippen molar-refractivity contribution in [3.8, 4) is 0 Å². The van der Waals surface area contributed by atoms with E-state index in [1.54, 1.807) is 0 Å². The Bertz CT molecular complexity index is 894. The Morgan fingerprint density at radius 2 is 1.66 bits per heavy atom. The summed E-state index contributed by atoms with van der Waals surface area (Å²) < 4.78 is 0. The Labute approximate surface area is 194 Å². The first kappa shape index (κ1) is 22.5. The average Bonchev–Trinajstić information content (AvgIpc) is 3.55. The highest BCUT2D eigenvalue weighted by atomic mass is 15.2. The van der Waals surface area contributed by atoms with Gasteiger partial charge in [0.2, 0.25) is 0 Å². The fourth-order valence-electron chi connectivity index (χ4n) is 5.42. The van der Waals surface area contributed by atoms with Crippen molar-refractivity contribution in [1.82, 2.24) is 15.1 Å². The first-order chi connectivity index (χ1) is 15.5. The maximum Gasteiger partial charge on any atom is 0.0613 e.